The van der Waals surface area contributed by atoms with E-state index in [1.54, 1.807) is 4.90 Å². The van der Waals surface area contributed by atoms with Crippen molar-refractivity contribution in [3.63, 3.8) is 0 Å². The van der Waals surface area contributed by atoms with Crippen molar-refractivity contribution in [1.29, 1.82) is 0 Å². The second-order valence-electron chi connectivity index (χ2n) is 7.83. The van der Waals surface area contributed by atoms with E-state index in [0.29, 0.717) is 24.9 Å². The fourth-order valence-corrected chi connectivity index (χ4v) is 5.81. The Balaban J connectivity index is 1.73. The Hall–Kier alpha value is -0.958. The van der Waals surface area contributed by atoms with Gasteiger partial charge in [0.1, 0.15) is 0 Å². The molecule has 3 radical (unpaired) electrons. The molecule has 0 saturated carbocycles. The van der Waals surface area contributed by atoms with Crippen molar-refractivity contribution >= 4 is 37.6 Å². The first-order chi connectivity index (χ1) is 13.0. The quantitative estimate of drug-likeness (QED) is 0.416. The molecule has 0 bridgehead atoms. The van der Waals surface area contributed by atoms with Crippen LogP contribution in [0.3, 0.4) is 0 Å². The van der Waals surface area contributed by atoms with E-state index >= 15 is 0 Å². The summed E-state index contributed by atoms with van der Waals surface area (Å²) in [5.41, 5.74) is 1.05. The van der Waals surface area contributed by atoms with Crippen LogP contribution in [-0.4, -0.2) is 86.3 Å². The summed E-state index contributed by atoms with van der Waals surface area (Å²) in [6.45, 7) is 5.14. The fourth-order valence-electron chi connectivity index (χ4n) is 4.41. The van der Waals surface area contributed by atoms with Gasteiger partial charge < -0.3 is 0 Å². The number of hydrogen-bond donors (Lipinski definition) is 0. The molecular formula is C21H29N2O3Pb. The molecule has 2 aliphatic rings. The van der Waals surface area contributed by atoms with E-state index in [2.05, 4.69) is 11.8 Å². The number of carbonyl (C=O) groups excluding carboxylic acids is 2. The van der Waals surface area contributed by atoms with Gasteiger partial charge in [-0.3, -0.25) is 0 Å². The average Bonchev–Trinajstić information content (AvgIpc) is 2.72. The number of nitrogens with zero attached hydrogens (tertiary/aromatic N) is 2. The third-order valence-corrected chi connectivity index (χ3v) is 8.17. The first-order valence-electron chi connectivity index (χ1n) is 9.89. The molecule has 4 unspecified atom stereocenters. The van der Waals surface area contributed by atoms with Crippen LogP contribution < -0.4 is 0 Å². The number of methoxy groups -OCH3 is 1. The van der Waals surface area contributed by atoms with Crippen LogP contribution in [0.15, 0.2) is 30.3 Å². The zero-order valence-corrected chi connectivity index (χ0v) is 20.2. The maximum atomic E-state index is 13.2. The van der Waals surface area contributed by atoms with Crippen molar-refractivity contribution in [2.45, 2.75) is 48.2 Å². The Morgan fingerprint density at radius 3 is 2.59 bits per heavy atom. The van der Waals surface area contributed by atoms with Crippen molar-refractivity contribution in [2.75, 3.05) is 26.7 Å². The number of esters is 1. The first-order valence-corrected chi connectivity index (χ1v) is 12.1. The van der Waals surface area contributed by atoms with E-state index in [9.17, 15) is 9.59 Å². The number of ether oxygens (including phenoxy) is 1. The molecule has 3 rings (SSSR count). The van der Waals surface area contributed by atoms with Gasteiger partial charge in [0.2, 0.25) is 0 Å². The number of hydrogen-bond acceptors (Lipinski definition) is 4. The molecular weight excluding hydrogens is 535 g/mol. The standard InChI is InChI=1S/C21H29N2O3.Pb/c1-16-7-6-11-22(15-16)18-10-12-23(19(14-18)21(25)26-2)20(24)13-17-8-4-3-5-9-17;/h3-5,8-9,13,16,18-19H,6-7,10-12,14-15H2,1-2H3;. The number of rotatable bonds is 4. The first kappa shape index (κ1) is 20.8. The van der Waals surface area contributed by atoms with Crippen LogP contribution in [0.25, 0.3) is 0 Å². The van der Waals surface area contributed by atoms with Gasteiger partial charge in [-0.1, -0.05) is 0 Å². The number of amides is 1. The molecule has 1 aromatic rings. The van der Waals surface area contributed by atoms with Gasteiger partial charge in [-0.15, -0.1) is 0 Å². The van der Waals surface area contributed by atoms with Gasteiger partial charge in [-0.2, -0.15) is 0 Å². The van der Waals surface area contributed by atoms with Crippen LogP contribution in [0.4, 0.5) is 0 Å². The molecule has 2 heterocycles. The van der Waals surface area contributed by atoms with Crippen LogP contribution in [0.2, 0.25) is 0 Å². The molecule has 2 saturated heterocycles. The second kappa shape index (κ2) is 9.50. The van der Waals surface area contributed by atoms with E-state index in [-0.39, 0.29) is 15.4 Å². The van der Waals surface area contributed by atoms with Crippen LogP contribution in [0.1, 0.15) is 41.6 Å². The number of piperidine rings is 2. The van der Waals surface area contributed by atoms with Crippen LogP contribution in [0.5, 0.6) is 0 Å². The Bertz CT molecular complexity index is 654. The van der Waals surface area contributed by atoms with Gasteiger partial charge in [-0.05, 0) is 0 Å². The SMILES string of the molecule is COC(=O)C1CC(N2CCCC(C)C2)CCN1C(=O)[CH]([Pb])c1ccccc1. The van der Waals surface area contributed by atoms with Crippen LogP contribution >= 0.6 is 0 Å². The summed E-state index contributed by atoms with van der Waals surface area (Å²) in [6, 6.07) is 9.81. The van der Waals surface area contributed by atoms with Crippen LogP contribution in [0, 0.1) is 5.92 Å². The average molecular weight is 565 g/mol. The van der Waals surface area contributed by atoms with Crippen molar-refractivity contribution < 1.29 is 14.3 Å². The Morgan fingerprint density at radius 2 is 1.93 bits per heavy atom. The minimum atomic E-state index is -0.460. The molecule has 27 heavy (non-hydrogen) atoms. The predicted molar refractivity (Wildman–Crippen MR) is 105 cm³/mol. The molecule has 0 spiro atoms. The van der Waals surface area contributed by atoms with Crippen molar-refractivity contribution in [3.8, 4) is 0 Å². The molecule has 5 nitrogen and oxygen atoms in total. The molecule has 145 valence electrons. The Labute approximate surface area is 178 Å². The molecule has 6 heteroatoms. The topological polar surface area (TPSA) is 49.9 Å². The molecule has 1 amide bonds. The fraction of sp³-hybridized carbons (Fsp3) is 0.619. The molecule has 4 atom stereocenters. The van der Waals surface area contributed by atoms with Gasteiger partial charge in [0.05, 0.1) is 0 Å². The van der Waals surface area contributed by atoms with E-state index in [0.717, 1.165) is 50.8 Å². The third-order valence-electron chi connectivity index (χ3n) is 5.92. The molecule has 2 fully saturated rings. The van der Waals surface area contributed by atoms with E-state index < -0.39 is 6.04 Å². The van der Waals surface area contributed by atoms with Gasteiger partial charge >= 0.3 is 178 Å². The maximum absolute atomic E-state index is 13.2. The molecule has 0 N–H and O–H groups in total. The molecule has 0 aromatic heterocycles. The third kappa shape index (κ3) is 4.91. The summed E-state index contributed by atoms with van der Waals surface area (Å²) >= 11 is 0.728. The van der Waals surface area contributed by atoms with Crippen molar-refractivity contribution in [3.05, 3.63) is 35.9 Å². The predicted octanol–water partition coefficient (Wildman–Crippen LogP) is 2.16. The summed E-state index contributed by atoms with van der Waals surface area (Å²) in [4.78, 5) is 30.0. The summed E-state index contributed by atoms with van der Waals surface area (Å²) in [5.74, 6) is 0.507. The monoisotopic (exact) mass is 565 g/mol. The van der Waals surface area contributed by atoms with Gasteiger partial charge in [0.25, 0.3) is 0 Å². The summed E-state index contributed by atoms with van der Waals surface area (Å²) in [5, 5.41) is 0. The van der Waals surface area contributed by atoms with Crippen molar-refractivity contribution in [2.24, 2.45) is 5.92 Å². The molecule has 0 aliphatic carbocycles. The Morgan fingerprint density at radius 1 is 1.19 bits per heavy atom. The second-order valence-corrected chi connectivity index (χ2v) is 10.1. The van der Waals surface area contributed by atoms with E-state index in [1.807, 2.05) is 30.3 Å². The van der Waals surface area contributed by atoms with Gasteiger partial charge in [-0.25, -0.2) is 0 Å². The van der Waals surface area contributed by atoms with Gasteiger partial charge in [0.15, 0.2) is 0 Å². The normalized spacial score (nSPS) is 27.8. The minimum absolute atomic E-state index is 0.0775. The van der Waals surface area contributed by atoms with E-state index in [1.165, 1.54) is 20.0 Å². The summed E-state index contributed by atoms with van der Waals surface area (Å²) in [7, 11) is 1.42. The number of benzene rings is 1. The zero-order chi connectivity index (χ0) is 19.4. The molecule has 1 aromatic carbocycles. The summed E-state index contributed by atoms with van der Waals surface area (Å²) in [6.07, 6.45) is 4.14. The van der Waals surface area contributed by atoms with E-state index in [4.69, 9.17) is 4.74 Å². The zero-order valence-electron chi connectivity index (χ0n) is 16.3. The van der Waals surface area contributed by atoms with Crippen LogP contribution in [-0.2, 0) is 14.3 Å². The van der Waals surface area contributed by atoms with Gasteiger partial charge in [0, 0.05) is 0 Å². The number of carbonyl (C=O) groups is 2. The van der Waals surface area contributed by atoms with Crippen molar-refractivity contribution in [1.82, 2.24) is 9.80 Å². The Kier molecular flexibility index (Phi) is 7.30. The molecule has 2 aliphatic heterocycles. The summed E-state index contributed by atoms with van der Waals surface area (Å²) < 4.78 is 4.95. The number of likely N-dealkylation sites (tertiary alicyclic amines) is 2.